The molecule has 1 aliphatic rings. The molecular weight excluding hydrogens is 720 g/mol. The summed E-state index contributed by atoms with van der Waals surface area (Å²) in [6.45, 7) is 4.02. The number of halogens is 9. The first-order chi connectivity index (χ1) is 23.0. The molecule has 4 rings (SSSR count). The molecule has 2 amide bonds. The molecule has 9 nitrogen and oxygen atoms in total. The van der Waals surface area contributed by atoms with Crippen LogP contribution in [-0.2, 0) is 16.9 Å². The number of carbonyl (C=O) groups excluding carboxylic acids is 2. The lowest BCUT2D eigenvalue weighted by Crippen LogP contribution is -2.40. The van der Waals surface area contributed by atoms with Gasteiger partial charge in [-0.15, -0.1) is 0 Å². The standard InChI is InChI=1S/C32H37Cl2F7N6O3/c1-29(2,16-48)47-23-14-22(46-11-7-18(8-12-46)32(39,40)41)19(26(49)42-10-9-31(36,37)38)13-21(23)44-28(47)45-25-20(33)6-5-17(24(25)34)15-43-27(50)30(3,4)35/h5-6,13-14,18,48H,7-12,15-16H2,1-4H3,(H,42,49)(H,43,50)(H,44,45). The summed E-state index contributed by atoms with van der Waals surface area (Å²) in [6.07, 6.45) is -10.8. The fourth-order valence-electron chi connectivity index (χ4n) is 5.53. The van der Waals surface area contributed by atoms with Gasteiger partial charge in [0.15, 0.2) is 5.67 Å². The number of carbonyl (C=O) groups is 2. The summed E-state index contributed by atoms with van der Waals surface area (Å²) in [5.41, 5.74) is -2.21. The molecule has 0 atom stereocenters. The van der Waals surface area contributed by atoms with E-state index in [4.69, 9.17) is 23.2 Å². The van der Waals surface area contributed by atoms with Crippen molar-refractivity contribution >= 4 is 63.4 Å². The minimum atomic E-state index is -4.54. The zero-order valence-corrected chi connectivity index (χ0v) is 29.1. The van der Waals surface area contributed by atoms with Crippen LogP contribution in [0.5, 0.6) is 0 Å². The summed E-state index contributed by atoms with van der Waals surface area (Å²) in [5.74, 6) is -3.25. The monoisotopic (exact) mass is 756 g/mol. The van der Waals surface area contributed by atoms with Crippen LogP contribution in [0.25, 0.3) is 11.0 Å². The Morgan fingerprint density at radius 1 is 0.980 bits per heavy atom. The van der Waals surface area contributed by atoms with Crippen LogP contribution in [-0.4, -0.2) is 70.7 Å². The number of aliphatic hydroxyl groups excluding tert-OH is 1. The number of amides is 2. The fraction of sp³-hybridized carbons (Fsp3) is 0.531. The molecule has 50 heavy (non-hydrogen) atoms. The molecule has 1 aromatic heterocycles. The Hall–Kier alpha value is -3.50. The fourth-order valence-corrected chi connectivity index (χ4v) is 6.06. The maximum absolute atomic E-state index is 14.1. The lowest BCUT2D eigenvalue weighted by Gasteiger charge is -2.35. The lowest BCUT2D eigenvalue weighted by molar-refractivity contribution is -0.179. The molecule has 3 aromatic rings. The van der Waals surface area contributed by atoms with Crippen molar-refractivity contribution in [3.05, 3.63) is 45.4 Å². The number of nitrogens with zero attached hydrogens (tertiary/aromatic N) is 3. The Kier molecular flexibility index (Phi) is 11.5. The number of fused-ring (bicyclic) bond motifs is 1. The zero-order chi connectivity index (χ0) is 37.4. The van der Waals surface area contributed by atoms with Crippen LogP contribution in [0.3, 0.4) is 0 Å². The molecule has 1 aliphatic heterocycles. The Bertz CT molecular complexity index is 1730. The largest absolute Gasteiger partial charge is 0.394 e. The van der Waals surface area contributed by atoms with Crippen molar-refractivity contribution in [2.24, 2.45) is 5.92 Å². The van der Waals surface area contributed by atoms with Gasteiger partial charge in [0.25, 0.3) is 11.8 Å². The predicted octanol–water partition coefficient (Wildman–Crippen LogP) is 7.64. The number of aromatic nitrogens is 2. The van der Waals surface area contributed by atoms with Crippen LogP contribution in [0.15, 0.2) is 24.3 Å². The Labute approximate surface area is 293 Å². The van der Waals surface area contributed by atoms with E-state index < -0.39 is 60.9 Å². The first-order valence-corrected chi connectivity index (χ1v) is 16.3. The highest BCUT2D eigenvalue weighted by Crippen LogP contribution is 2.41. The number of nitrogens with one attached hydrogen (secondary N) is 3. The molecule has 0 spiro atoms. The zero-order valence-electron chi connectivity index (χ0n) is 27.6. The number of imidazole rings is 1. The second-order valence-corrected chi connectivity index (χ2v) is 14.0. The van der Waals surface area contributed by atoms with Crippen molar-refractivity contribution in [2.75, 3.05) is 36.5 Å². The Balaban J connectivity index is 1.82. The molecule has 4 N–H and O–H groups in total. The maximum Gasteiger partial charge on any atom is 0.391 e. The van der Waals surface area contributed by atoms with Crippen molar-refractivity contribution in [3.63, 3.8) is 0 Å². The van der Waals surface area contributed by atoms with E-state index in [1.165, 1.54) is 24.3 Å². The van der Waals surface area contributed by atoms with Crippen molar-refractivity contribution in [1.82, 2.24) is 20.2 Å². The molecule has 0 aliphatic carbocycles. The van der Waals surface area contributed by atoms with Crippen LogP contribution in [0.1, 0.15) is 62.9 Å². The Morgan fingerprint density at radius 3 is 2.18 bits per heavy atom. The number of aliphatic hydroxyl groups is 1. The van der Waals surface area contributed by atoms with Gasteiger partial charge in [0.05, 0.1) is 62.5 Å². The van der Waals surface area contributed by atoms with Gasteiger partial charge in [-0.1, -0.05) is 29.3 Å². The average molecular weight is 758 g/mol. The highest BCUT2D eigenvalue weighted by molar-refractivity contribution is 6.39. The van der Waals surface area contributed by atoms with Gasteiger partial charge in [0, 0.05) is 26.2 Å². The first kappa shape index (κ1) is 39.3. The van der Waals surface area contributed by atoms with Gasteiger partial charge in [-0.3, -0.25) is 9.59 Å². The number of alkyl halides is 7. The second kappa shape index (κ2) is 14.6. The molecule has 1 fully saturated rings. The summed E-state index contributed by atoms with van der Waals surface area (Å²) in [4.78, 5) is 31.6. The van der Waals surface area contributed by atoms with Gasteiger partial charge in [-0.25, -0.2) is 9.37 Å². The van der Waals surface area contributed by atoms with Crippen molar-refractivity contribution in [1.29, 1.82) is 0 Å². The molecule has 18 heteroatoms. The van der Waals surface area contributed by atoms with Gasteiger partial charge < -0.3 is 30.5 Å². The summed E-state index contributed by atoms with van der Waals surface area (Å²) in [5, 5.41) is 18.3. The molecule has 0 saturated carbocycles. The normalized spacial score (nSPS) is 15.0. The van der Waals surface area contributed by atoms with E-state index in [9.17, 15) is 45.4 Å². The summed E-state index contributed by atoms with van der Waals surface area (Å²) >= 11 is 13.2. The van der Waals surface area contributed by atoms with Crippen LogP contribution in [0.4, 0.5) is 48.1 Å². The van der Waals surface area contributed by atoms with Crippen LogP contribution in [0.2, 0.25) is 10.0 Å². The SMILES string of the molecule is CC(C)(F)C(=O)NCc1ccc(Cl)c(Nc2nc3cc(C(=O)NCCC(F)(F)F)c(N4CCC(C(F)(F)F)CC4)cc3n2C(C)(C)CO)c1Cl. The number of benzene rings is 2. The Morgan fingerprint density at radius 2 is 1.62 bits per heavy atom. The number of hydrogen-bond acceptors (Lipinski definition) is 6. The summed E-state index contributed by atoms with van der Waals surface area (Å²) in [6, 6.07) is 5.84. The molecule has 0 radical (unpaired) electrons. The highest BCUT2D eigenvalue weighted by Gasteiger charge is 2.42. The van der Waals surface area contributed by atoms with Crippen molar-refractivity contribution < 1.29 is 45.4 Å². The van der Waals surface area contributed by atoms with Gasteiger partial charge in [-0.05, 0) is 64.3 Å². The first-order valence-electron chi connectivity index (χ1n) is 15.6. The molecule has 1 saturated heterocycles. The van der Waals surface area contributed by atoms with E-state index >= 15 is 0 Å². The third-order valence-corrected chi connectivity index (χ3v) is 9.14. The van der Waals surface area contributed by atoms with Gasteiger partial charge in [0.2, 0.25) is 5.95 Å². The van der Waals surface area contributed by atoms with Crippen LogP contribution >= 0.6 is 23.2 Å². The summed E-state index contributed by atoms with van der Waals surface area (Å²) < 4.78 is 94.6. The number of piperidine rings is 1. The molecular formula is C32H37Cl2F7N6O3. The quantitative estimate of drug-likeness (QED) is 0.150. The minimum absolute atomic E-state index is 0.0489. The lowest BCUT2D eigenvalue weighted by atomic mass is 9.95. The summed E-state index contributed by atoms with van der Waals surface area (Å²) in [7, 11) is 0. The maximum atomic E-state index is 14.1. The molecule has 0 unspecified atom stereocenters. The topological polar surface area (TPSA) is 112 Å². The molecule has 276 valence electrons. The van der Waals surface area contributed by atoms with Crippen molar-refractivity contribution in [2.45, 2.75) is 77.1 Å². The van der Waals surface area contributed by atoms with Crippen LogP contribution in [0, 0.1) is 5.92 Å². The van der Waals surface area contributed by atoms with E-state index in [1.54, 1.807) is 23.3 Å². The van der Waals surface area contributed by atoms with Gasteiger partial charge in [-0.2, -0.15) is 26.3 Å². The third kappa shape index (κ3) is 9.04. The minimum Gasteiger partial charge on any atom is -0.394 e. The second-order valence-electron chi connectivity index (χ2n) is 13.2. The number of anilines is 3. The van der Waals surface area contributed by atoms with Crippen molar-refractivity contribution in [3.8, 4) is 0 Å². The van der Waals surface area contributed by atoms with Crippen LogP contribution < -0.4 is 20.9 Å². The predicted molar refractivity (Wildman–Crippen MR) is 177 cm³/mol. The van der Waals surface area contributed by atoms with E-state index in [0.717, 1.165) is 13.8 Å². The van der Waals surface area contributed by atoms with E-state index in [1.807, 2.05) is 0 Å². The van der Waals surface area contributed by atoms with Gasteiger partial charge >= 0.3 is 12.4 Å². The molecule has 2 aromatic carbocycles. The molecule has 2 heterocycles. The van der Waals surface area contributed by atoms with E-state index in [0.29, 0.717) is 11.1 Å². The van der Waals surface area contributed by atoms with Gasteiger partial charge in [0.1, 0.15) is 0 Å². The smallest absolute Gasteiger partial charge is 0.391 e. The highest BCUT2D eigenvalue weighted by atomic mass is 35.5. The number of hydrogen-bond donors (Lipinski definition) is 4. The molecule has 0 bridgehead atoms. The third-order valence-electron chi connectivity index (χ3n) is 8.39. The average Bonchev–Trinajstić information content (AvgIpc) is 3.38. The number of rotatable bonds is 11. The van der Waals surface area contributed by atoms with E-state index in [2.05, 4.69) is 20.9 Å². The van der Waals surface area contributed by atoms with E-state index in [-0.39, 0.29) is 70.9 Å².